The maximum Gasteiger partial charge on any atom is 0.191 e. The molecule has 0 aromatic carbocycles. The van der Waals surface area contributed by atoms with Crippen LogP contribution in [0.5, 0.6) is 0 Å². The van der Waals surface area contributed by atoms with E-state index in [1.165, 1.54) is 32.1 Å². The highest BCUT2D eigenvalue weighted by molar-refractivity contribution is 14.0. The molecule has 18 heavy (non-hydrogen) atoms. The summed E-state index contributed by atoms with van der Waals surface area (Å²) in [5.41, 5.74) is 0. The Morgan fingerprint density at radius 3 is 2.72 bits per heavy atom. The molecule has 1 fully saturated rings. The van der Waals surface area contributed by atoms with Crippen LogP contribution in [0.15, 0.2) is 4.99 Å². The summed E-state index contributed by atoms with van der Waals surface area (Å²) in [4.78, 5) is 6.92. The van der Waals surface area contributed by atoms with E-state index in [-0.39, 0.29) is 24.0 Å². The summed E-state index contributed by atoms with van der Waals surface area (Å²) >= 11 is 0. The average molecular weight is 366 g/mol. The molecule has 1 aliphatic carbocycles. The van der Waals surface area contributed by atoms with Gasteiger partial charge in [-0.15, -0.1) is 24.0 Å². The first-order valence-corrected chi connectivity index (χ1v) is 7.09. The number of rotatable bonds is 4. The van der Waals surface area contributed by atoms with Crippen molar-refractivity contribution in [3.63, 3.8) is 0 Å². The average Bonchev–Trinajstić information content (AvgIpc) is 2.41. The van der Waals surface area contributed by atoms with Crippen molar-refractivity contribution in [1.82, 2.24) is 15.5 Å². The van der Waals surface area contributed by atoms with Crippen LogP contribution >= 0.6 is 24.0 Å². The monoisotopic (exact) mass is 366 g/mol. The first-order valence-electron chi connectivity index (χ1n) is 7.09. The van der Waals surface area contributed by atoms with E-state index in [1.54, 1.807) is 0 Å². The van der Waals surface area contributed by atoms with E-state index in [0.29, 0.717) is 0 Å². The van der Waals surface area contributed by atoms with Gasteiger partial charge in [0, 0.05) is 32.2 Å². The van der Waals surface area contributed by atoms with Gasteiger partial charge < -0.3 is 15.5 Å². The lowest BCUT2D eigenvalue weighted by molar-refractivity contribution is 0.194. The van der Waals surface area contributed by atoms with Crippen molar-refractivity contribution in [2.24, 2.45) is 4.99 Å². The molecule has 0 radical (unpaired) electrons. The third-order valence-corrected chi connectivity index (χ3v) is 3.85. The predicted octanol–water partition coefficient (Wildman–Crippen LogP) is 1.81. The highest BCUT2D eigenvalue weighted by atomic mass is 127. The number of hydrogen-bond acceptors (Lipinski definition) is 4. The first-order chi connectivity index (χ1) is 8.36. The van der Waals surface area contributed by atoms with Crippen molar-refractivity contribution >= 4 is 29.9 Å². The molecular weight excluding hydrogens is 339 g/mol. The van der Waals surface area contributed by atoms with Crippen LogP contribution in [-0.2, 0) is 0 Å². The zero-order chi connectivity index (χ0) is 11.9. The summed E-state index contributed by atoms with van der Waals surface area (Å²) < 4.78 is 0. The lowest BCUT2D eigenvalue weighted by atomic mass is 9.94. The molecule has 2 aliphatic rings. The standard InChI is InChI=1S/C13H26N4.HI/c1-17(12-6-3-2-4-7-12)11-10-16-13-14-8-5-9-15-13;/h12H,2-11H2,1H3,(H2,14,15,16);1H. The molecule has 0 unspecified atom stereocenters. The van der Waals surface area contributed by atoms with Gasteiger partial charge >= 0.3 is 0 Å². The number of likely N-dealkylation sites (N-methyl/N-ethyl adjacent to an activating group) is 1. The molecule has 1 aliphatic heterocycles. The van der Waals surface area contributed by atoms with Crippen LogP contribution < -0.4 is 10.6 Å². The molecule has 1 saturated carbocycles. The van der Waals surface area contributed by atoms with E-state index in [0.717, 1.165) is 44.6 Å². The maximum atomic E-state index is 4.41. The quantitative estimate of drug-likeness (QED) is 0.746. The van der Waals surface area contributed by atoms with Crippen molar-refractivity contribution in [3.8, 4) is 0 Å². The van der Waals surface area contributed by atoms with E-state index in [9.17, 15) is 0 Å². The van der Waals surface area contributed by atoms with Crippen LogP contribution in [0.3, 0.4) is 0 Å². The minimum Gasteiger partial charge on any atom is -0.356 e. The Morgan fingerprint density at radius 2 is 2.06 bits per heavy atom. The summed E-state index contributed by atoms with van der Waals surface area (Å²) in [7, 11) is 2.26. The van der Waals surface area contributed by atoms with Crippen molar-refractivity contribution in [1.29, 1.82) is 0 Å². The van der Waals surface area contributed by atoms with Gasteiger partial charge in [-0.2, -0.15) is 0 Å². The molecule has 1 heterocycles. The fraction of sp³-hybridized carbons (Fsp3) is 0.923. The van der Waals surface area contributed by atoms with Crippen LogP contribution in [0, 0.1) is 0 Å². The normalized spacial score (nSPS) is 20.9. The van der Waals surface area contributed by atoms with Gasteiger partial charge in [0.1, 0.15) is 0 Å². The summed E-state index contributed by atoms with van der Waals surface area (Å²) in [5, 5.41) is 6.68. The summed E-state index contributed by atoms with van der Waals surface area (Å²) in [5.74, 6) is 0.994. The minimum atomic E-state index is 0. The number of halogens is 1. The van der Waals surface area contributed by atoms with Crippen LogP contribution in [0.1, 0.15) is 38.5 Å². The van der Waals surface area contributed by atoms with Crippen molar-refractivity contribution in [2.45, 2.75) is 44.6 Å². The van der Waals surface area contributed by atoms with Gasteiger partial charge in [0.25, 0.3) is 0 Å². The molecular formula is C13H27IN4. The molecule has 0 aromatic rings. The van der Waals surface area contributed by atoms with Gasteiger partial charge in [0.05, 0.1) is 0 Å². The first kappa shape index (κ1) is 16.0. The van der Waals surface area contributed by atoms with Crippen LogP contribution in [-0.4, -0.2) is 50.1 Å². The summed E-state index contributed by atoms with van der Waals surface area (Å²) in [6.45, 7) is 4.14. The highest BCUT2D eigenvalue weighted by Gasteiger charge is 2.17. The number of guanidine groups is 1. The van der Waals surface area contributed by atoms with Gasteiger partial charge in [0.2, 0.25) is 0 Å². The van der Waals surface area contributed by atoms with Crippen LogP contribution in [0.25, 0.3) is 0 Å². The third kappa shape index (κ3) is 5.30. The van der Waals surface area contributed by atoms with E-state index < -0.39 is 0 Å². The molecule has 2 N–H and O–H groups in total. The van der Waals surface area contributed by atoms with E-state index in [2.05, 4.69) is 27.6 Å². The fourth-order valence-corrected chi connectivity index (χ4v) is 2.71. The number of hydrogen-bond donors (Lipinski definition) is 2. The predicted molar refractivity (Wildman–Crippen MR) is 87.8 cm³/mol. The molecule has 106 valence electrons. The van der Waals surface area contributed by atoms with Crippen molar-refractivity contribution < 1.29 is 0 Å². The second-order valence-electron chi connectivity index (χ2n) is 5.21. The Kier molecular flexibility index (Phi) is 7.97. The molecule has 0 saturated heterocycles. The Balaban J connectivity index is 0.00000162. The lowest BCUT2D eigenvalue weighted by Crippen LogP contribution is -2.45. The molecule has 0 atom stereocenters. The number of nitrogens with one attached hydrogen (secondary N) is 2. The van der Waals surface area contributed by atoms with Gasteiger partial charge in [-0.3, -0.25) is 4.99 Å². The third-order valence-electron chi connectivity index (χ3n) is 3.85. The second kappa shape index (κ2) is 8.96. The van der Waals surface area contributed by atoms with Gasteiger partial charge in [0.15, 0.2) is 5.96 Å². The van der Waals surface area contributed by atoms with Gasteiger partial charge in [-0.25, -0.2) is 0 Å². The smallest absolute Gasteiger partial charge is 0.191 e. The number of nitrogens with zero attached hydrogens (tertiary/aromatic N) is 2. The van der Waals surface area contributed by atoms with E-state index in [4.69, 9.17) is 0 Å². The molecule has 4 nitrogen and oxygen atoms in total. The summed E-state index contributed by atoms with van der Waals surface area (Å²) in [6.07, 6.45) is 8.19. The molecule has 0 spiro atoms. The lowest BCUT2D eigenvalue weighted by Gasteiger charge is -2.31. The van der Waals surface area contributed by atoms with Crippen LogP contribution in [0.2, 0.25) is 0 Å². The molecule has 0 amide bonds. The van der Waals surface area contributed by atoms with E-state index >= 15 is 0 Å². The highest BCUT2D eigenvalue weighted by Crippen LogP contribution is 2.21. The van der Waals surface area contributed by atoms with Crippen molar-refractivity contribution in [2.75, 3.05) is 33.2 Å². The van der Waals surface area contributed by atoms with Crippen LogP contribution in [0.4, 0.5) is 0 Å². The van der Waals surface area contributed by atoms with E-state index in [1.807, 2.05) is 0 Å². The zero-order valence-electron chi connectivity index (χ0n) is 11.5. The molecule has 2 rings (SSSR count). The number of aliphatic imine (C=N–C) groups is 1. The Labute approximate surface area is 128 Å². The zero-order valence-corrected chi connectivity index (χ0v) is 13.8. The van der Waals surface area contributed by atoms with Crippen molar-refractivity contribution in [3.05, 3.63) is 0 Å². The van der Waals surface area contributed by atoms with Gasteiger partial charge in [-0.1, -0.05) is 19.3 Å². The largest absolute Gasteiger partial charge is 0.356 e. The Hall–Kier alpha value is -0.0400. The maximum absolute atomic E-state index is 4.41. The Morgan fingerprint density at radius 1 is 1.28 bits per heavy atom. The fourth-order valence-electron chi connectivity index (χ4n) is 2.71. The molecule has 5 heteroatoms. The molecule has 0 bridgehead atoms. The van der Waals surface area contributed by atoms with Gasteiger partial charge in [-0.05, 0) is 26.3 Å². The Bertz CT molecular complexity index is 251. The molecule has 0 aromatic heterocycles. The summed E-state index contributed by atoms with van der Waals surface area (Å²) in [6, 6.07) is 0.812. The second-order valence-corrected chi connectivity index (χ2v) is 5.21. The topological polar surface area (TPSA) is 39.7 Å². The SMILES string of the molecule is CN(CCNC1=NCCCN1)C1CCCCC1.I. The minimum absolute atomic E-state index is 0.